The number of hydrogen-bond donors (Lipinski definition) is 1. The summed E-state index contributed by atoms with van der Waals surface area (Å²) in [6.07, 6.45) is 3.37. The van der Waals surface area contributed by atoms with Gasteiger partial charge in [0.15, 0.2) is 0 Å². The predicted octanol–water partition coefficient (Wildman–Crippen LogP) is 3.89. The van der Waals surface area contributed by atoms with Gasteiger partial charge < -0.3 is 5.32 Å². The molecule has 1 aromatic carbocycles. The van der Waals surface area contributed by atoms with E-state index in [0.717, 1.165) is 37.3 Å². The van der Waals surface area contributed by atoms with E-state index in [1.54, 1.807) is 12.4 Å². The number of rotatable bonds is 7. The molecule has 0 radical (unpaired) electrons. The third-order valence-corrected chi connectivity index (χ3v) is 4.21. The molecule has 2 rings (SSSR count). The molecule has 1 unspecified atom stereocenters. The normalized spacial score (nSPS) is 12.6. The van der Waals surface area contributed by atoms with Crippen LogP contribution in [-0.4, -0.2) is 21.3 Å². The van der Waals surface area contributed by atoms with Crippen molar-refractivity contribution in [2.24, 2.45) is 0 Å². The van der Waals surface area contributed by atoms with Crippen molar-refractivity contribution in [3.8, 4) is 0 Å². The Kier molecular flexibility index (Phi) is 6.03. The van der Waals surface area contributed by atoms with Crippen molar-refractivity contribution in [2.75, 3.05) is 6.54 Å². The largest absolute Gasteiger partial charge is 0.310 e. The van der Waals surface area contributed by atoms with Gasteiger partial charge in [-0.05, 0) is 31.5 Å². The summed E-state index contributed by atoms with van der Waals surface area (Å²) in [6.45, 7) is 5.91. The fourth-order valence-electron chi connectivity index (χ4n) is 2.29. The molecule has 1 N–H and O–H groups in total. The number of hydrogen-bond acceptors (Lipinski definition) is 3. The van der Waals surface area contributed by atoms with Crippen molar-refractivity contribution >= 4 is 23.2 Å². The zero-order valence-electron chi connectivity index (χ0n) is 12.3. The van der Waals surface area contributed by atoms with Crippen molar-refractivity contribution < 1.29 is 0 Å². The van der Waals surface area contributed by atoms with Gasteiger partial charge >= 0.3 is 0 Å². The fourth-order valence-corrected chi connectivity index (χ4v) is 2.73. The molecule has 0 aliphatic carbocycles. The maximum Gasteiger partial charge on any atom is 0.138 e. The summed E-state index contributed by atoms with van der Waals surface area (Å²) in [5, 5.41) is 8.92. The molecule has 0 amide bonds. The summed E-state index contributed by atoms with van der Waals surface area (Å²) in [6, 6.07) is 5.81. The molecule has 0 saturated carbocycles. The van der Waals surface area contributed by atoms with Crippen LogP contribution in [0.15, 0.2) is 24.5 Å². The molecule has 4 nitrogen and oxygen atoms in total. The zero-order valence-corrected chi connectivity index (χ0v) is 13.8. The molecule has 0 bridgehead atoms. The first-order chi connectivity index (χ1) is 10.2. The second-order valence-corrected chi connectivity index (χ2v) is 5.63. The van der Waals surface area contributed by atoms with E-state index in [4.69, 9.17) is 23.2 Å². The Balaban J connectivity index is 2.28. The number of halogens is 2. The van der Waals surface area contributed by atoms with E-state index >= 15 is 0 Å². The molecular formula is C15H20Cl2N4. The molecule has 1 atom stereocenters. The van der Waals surface area contributed by atoms with Gasteiger partial charge in [0.05, 0.1) is 10.0 Å². The topological polar surface area (TPSA) is 42.7 Å². The minimum atomic E-state index is 0.0747. The van der Waals surface area contributed by atoms with Crippen molar-refractivity contribution in [1.29, 1.82) is 0 Å². The lowest BCUT2D eigenvalue weighted by molar-refractivity contribution is 0.497. The van der Waals surface area contributed by atoms with Gasteiger partial charge in [0, 0.05) is 19.0 Å². The molecule has 0 aliphatic heterocycles. The van der Waals surface area contributed by atoms with E-state index in [-0.39, 0.29) is 6.04 Å². The highest BCUT2D eigenvalue weighted by Crippen LogP contribution is 2.31. The van der Waals surface area contributed by atoms with Gasteiger partial charge in [-0.3, -0.25) is 4.68 Å². The van der Waals surface area contributed by atoms with Crippen LogP contribution in [0.5, 0.6) is 0 Å². The molecule has 1 heterocycles. The molecule has 6 heteroatoms. The molecule has 21 heavy (non-hydrogen) atoms. The van der Waals surface area contributed by atoms with Gasteiger partial charge in [-0.15, -0.1) is 0 Å². The van der Waals surface area contributed by atoms with Crippen LogP contribution in [0.4, 0.5) is 0 Å². The molecule has 0 fully saturated rings. The Bertz CT molecular complexity index is 583. The smallest absolute Gasteiger partial charge is 0.138 e. The SMILES string of the molecule is CCCNC(Cc1ncnn1CC)c1cccc(Cl)c1Cl. The lowest BCUT2D eigenvalue weighted by Crippen LogP contribution is -2.25. The molecule has 114 valence electrons. The summed E-state index contributed by atoms with van der Waals surface area (Å²) in [4.78, 5) is 4.35. The number of aromatic nitrogens is 3. The van der Waals surface area contributed by atoms with E-state index in [0.29, 0.717) is 10.0 Å². The van der Waals surface area contributed by atoms with E-state index in [1.165, 1.54) is 0 Å². The first-order valence-corrected chi connectivity index (χ1v) is 7.96. The summed E-state index contributed by atoms with van der Waals surface area (Å²) in [7, 11) is 0. The third kappa shape index (κ3) is 3.96. The lowest BCUT2D eigenvalue weighted by Gasteiger charge is -2.20. The third-order valence-electron chi connectivity index (χ3n) is 3.38. The molecule has 0 saturated heterocycles. The highest BCUT2D eigenvalue weighted by atomic mass is 35.5. The van der Waals surface area contributed by atoms with Gasteiger partial charge in [-0.25, -0.2) is 4.98 Å². The van der Waals surface area contributed by atoms with Crippen molar-refractivity contribution in [3.05, 3.63) is 46.0 Å². The number of nitrogens with one attached hydrogen (secondary N) is 1. The average Bonchev–Trinajstić information content (AvgIpc) is 2.93. The van der Waals surface area contributed by atoms with E-state index in [1.807, 2.05) is 16.8 Å². The summed E-state index contributed by atoms with van der Waals surface area (Å²) >= 11 is 12.5. The number of benzene rings is 1. The Morgan fingerprint density at radius 3 is 2.81 bits per heavy atom. The predicted molar refractivity (Wildman–Crippen MR) is 86.9 cm³/mol. The van der Waals surface area contributed by atoms with Crippen LogP contribution in [0.2, 0.25) is 10.0 Å². The maximum absolute atomic E-state index is 6.37. The van der Waals surface area contributed by atoms with Crippen LogP contribution < -0.4 is 5.32 Å². The summed E-state index contributed by atoms with van der Waals surface area (Å²) in [5.41, 5.74) is 1.00. The Morgan fingerprint density at radius 1 is 1.29 bits per heavy atom. The first-order valence-electron chi connectivity index (χ1n) is 7.21. The van der Waals surface area contributed by atoms with Crippen LogP contribution >= 0.6 is 23.2 Å². The average molecular weight is 327 g/mol. The van der Waals surface area contributed by atoms with Crippen LogP contribution in [0, 0.1) is 0 Å². The molecule has 0 spiro atoms. The van der Waals surface area contributed by atoms with Crippen molar-refractivity contribution in [3.63, 3.8) is 0 Å². The van der Waals surface area contributed by atoms with Crippen molar-refractivity contribution in [2.45, 2.75) is 39.3 Å². The van der Waals surface area contributed by atoms with Gasteiger partial charge in [-0.2, -0.15) is 5.10 Å². The van der Waals surface area contributed by atoms with Crippen LogP contribution in [0.25, 0.3) is 0 Å². The standard InChI is InChI=1S/C15H20Cl2N4/c1-3-8-18-13(9-14-19-10-20-21(14)4-2)11-6-5-7-12(16)15(11)17/h5-7,10,13,18H,3-4,8-9H2,1-2H3. The quantitative estimate of drug-likeness (QED) is 0.839. The second kappa shape index (κ2) is 7.78. The summed E-state index contributed by atoms with van der Waals surface area (Å²) < 4.78 is 1.90. The monoisotopic (exact) mass is 326 g/mol. The van der Waals surface area contributed by atoms with E-state index in [9.17, 15) is 0 Å². The minimum Gasteiger partial charge on any atom is -0.310 e. The Hall–Kier alpha value is -1.10. The van der Waals surface area contributed by atoms with E-state index < -0.39 is 0 Å². The molecule has 1 aromatic heterocycles. The number of aryl methyl sites for hydroxylation is 1. The van der Waals surface area contributed by atoms with Crippen LogP contribution in [0.3, 0.4) is 0 Å². The molecule has 2 aromatic rings. The Labute approximate surface area is 135 Å². The van der Waals surface area contributed by atoms with Gasteiger partial charge in [0.2, 0.25) is 0 Å². The first kappa shape index (κ1) is 16.3. The zero-order chi connectivity index (χ0) is 15.2. The lowest BCUT2D eigenvalue weighted by atomic mass is 10.0. The van der Waals surface area contributed by atoms with Gasteiger partial charge in [-0.1, -0.05) is 42.3 Å². The van der Waals surface area contributed by atoms with Crippen LogP contribution in [0.1, 0.15) is 37.7 Å². The van der Waals surface area contributed by atoms with Gasteiger partial charge in [0.1, 0.15) is 12.2 Å². The second-order valence-electron chi connectivity index (χ2n) is 4.85. The van der Waals surface area contributed by atoms with E-state index in [2.05, 4.69) is 29.2 Å². The fraction of sp³-hybridized carbons (Fsp3) is 0.467. The van der Waals surface area contributed by atoms with Crippen molar-refractivity contribution in [1.82, 2.24) is 20.1 Å². The molecule has 0 aliphatic rings. The highest BCUT2D eigenvalue weighted by molar-refractivity contribution is 6.42. The maximum atomic E-state index is 6.37. The van der Waals surface area contributed by atoms with Crippen LogP contribution in [-0.2, 0) is 13.0 Å². The minimum absolute atomic E-state index is 0.0747. The van der Waals surface area contributed by atoms with Gasteiger partial charge in [0.25, 0.3) is 0 Å². The Morgan fingerprint density at radius 2 is 2.10 bits per heavy atom. The molecular weight excluding hydrogens is 307 g/mol. The summed E-state index contributed by atoms with van der Waals surface area (Å²) in [5.74, 6) is 0.946. The number of nitrogens with zero attached hydrogens (tertiary/aromatic N) is 3. The highest BCUT2D eigenvalue weighted by Gasteiger charge is 2.18.